The fourth-order valence-electron chi connectivity index (χ4n) is 2.27. The van der Waals surface area contributed by atoms with Gasteiger partial charge in [0, 0.05) is 10.7 Å². The number of hydrogen-bond donors (Lipinski definition) is 1. The smallest absolute Gasteiger partial charge is 0.261 e. The number of nitrogen functional groups attached to an aromatic ring is 1. The van der Waals surface area contributed by atoms with Gasteiger partial charge in [-0.15, -0.1) is 0 Å². The molecule has 3 rings (SSSR count). The summed E-state index contributed by atoms with van der Waals surface area (Å²) in [4.78, 5) is 25.6. The van der Waals surface area contributed by atoms with Gasteiger partial charge in [-0.2, -0.15) is 0 Å². The summed E-state index contributed by atoms with van der Waals surface area (Å²) in [5.41, 5.74) is 7.14. The fraction of sp³-hybridized carbons (Fsp3) is 0.0667. The number of nitrogens with zero attached hydrogens (tertiary/aromatic N) is 1. The lowest BCUT2D eigenvalue weighted by molar-refractivity contribution is 0.0642. The van der Waals surface area contributed by atoms with E-state index in [0.717, 1.165) is 11.0 Å². The Morgan fingerprint density at radius 1 is 1.05 bits per heavy atom. The van der Waals surface area contributed by atoms with Crippen LogP contribution >= 0.6 is 11.6 Å². The Morgan fingerprint density at radius 3 is 2.48 bits per heavy atom. The third kappa shape index (κ3) is 2.25. The van der Waals surface area contributed by atoms with Crippen molar-refractivity contribution >= 4 is 29.1 Å². The van der Waals surface area contributed by atoms with Gasteiger partial charge in [0.2, 0.25) is 0 Å². The quantitative estimate of drug-likeness (QED) is 0.685. The molecule has 0 saturated heterocycles. The summed E-state index contributed by atoms with van der Waals surface area (Å²) in [6.07, 6.45) is 0. The van der Waals surface area contributed by atoms with Crippen molar-refractivity contribution in [2.75, 3.05) is 5.73 Å². The Hall–Kier alpha value is -2.40. The van der Waals surface area contributed by atoms with E-state index in [9.17, 15) is 14.0 Å². The van der Waals surface area contributed by atoms with Gasteiger partial charge >= 0.3 is 0 Å². The fourth-order valence-corrected chi connectivity index (χ4v) is 2.50. The number of hydrogen-bond acceptors (Lipinski definition) is 3. The highest BCUT2D eigenvalue weighted by Gasteiger charge is 2.35. The minimum Gasteiger partial charge on any atom is -0.399 e. The summed E-state index contributed by atoms with van der Waals surface area (Å²) in [5.74, 6) is -1.31. The molecule has 2 aromatic rings. The molecule has 106 valence electrons. The van der Waals surface area contributed by atoms with Gasteiger partial charge in [-0.25, -0.2) is 4.39 Å². The van der Waals surface area contributed by atoms with Crippen LogP contribution in [0.25, 0.3) is 0 Å². The Morgan fingerprint density at radius 2 is 1.76 bits per heavy atom. The van der Waals surface area contributed by atoms with Crippen LogP contribution in [0, 0.1) is 5.82 Å². The predicted octanol–water partition coefficient (Wildman–Crippen LogP) is 2.86. The van der Waals surface area contributed by atoms with E-state index in [1.807, 2.05) is 0 Å². The van der Waals surface area contributed by atoms with E-state index in [1.165, 1.54) is 24.3 Å². The number of anilines is 1. The van der Waals surface area contributed by atoms with Crippen molar-refractivity contribution in [2.24, 2.45) is 0 Å². The van der Waals surface area contributed by atoms with E-state index < -0.39 is 17.6 Å². The molecule has 0 saturated carbocycles. The number of carbonyl (C=O) groups excluding carboxylic acids is 2. The SMILES string of the molecule is Nc1ccc2c(c1)C(=O)N(Cc1ccc(F)cc1Cl)C2=O. The van der Waals surface area contributed by atoms with Gasteiger partial charge in [0.05, 0.1) is 17.7 Å². The maximum atomic E-state index is 13.0. The molecule has 0 radical (unpaired) electrons. The van der Waals surface area contributed by atoms with Crippen LogP contribution in [0.3, 0.4) is 0 Å². The molecular weight excluding hydrogens is 295 g/mol. The minimum atomic E-state index is -0.473. The molecule has 1 aliphatic heterocycles. The second-order valence-electron chi connectivity index (χ2n) is 4.74. The Kier molecular flexibility index (Phi) is 3.14. The molecule has 0 bridgehead atoms. The van der Waals surface area contributed by atoms with Crippen LogP contribution in [0.4, 0.5) is 10.1 Å². The number of rotatable bonds is 2. The monoisotopic (exact) mass is 304 g/mol. The highest BCUT2D eigenvalue weighted by molar-refractivity contribution is 6.31. The van der Waals surface area contributed by atoms with E-state index in [2.05, 4.69) is 0 Å². The second kappa shape index (κ2) is 4.86. The molecule has 1 heterocycles. The third-order valence-corrected chi connectivity index (χ3v) is 3.69. The molecule has 21 heavy (non-hydrogen) atoms. The first kappa shape index (κ1) is 13.6. The summed E-state index contributed by atoms with van der Waals surface area (Å²) in [7, 11) is 0. The Balaban J connectivity index is 1.95. The van der Waals surface area contributed by atoms with Gasteiger partial charge in [0.25, 0.3) is 11.8 Å². The highest BCUT2D eigenvalue weighted by Crippen LogP contribution is 2.28. The van der Waals surface area contributed by atoms with Crippen molar-refractivity contribution in [3.63, 3.8) is 0 Å². The van der Waals surface area contributed by atoms with Crippen molar-refractivity contribution in [2.45, 2.75) is 6.54 Å². The Bertz CT molecular complexity index is 776. The lowest BCUT2D eigenvalue weighted by Gasteiger charge is -2.14. The maximum absolute atomic E-state index is 13.0. The molecule has 0 aliphatic carbocycles. The van der Waals surface area contributed by atoms with Crippen LogP contribution in [0.5, 0.6) is 0 Å². The van der Waals surface area contributed by atoms with Gasteiger partial charge < -0.3 is 5.73 Å². The predicted molar refractivity (Wildman–Crippen MR) is 76.5 cm³/mol. The normalized spacial score (nSPS) is 13.7. The van der Waals surface area contributed by atoms with Gasteiger partial charge in [0.1, 0.15) is 5.82 Å². The van der Waals surface area contributed by atoms with E-state index in [0.29, 0.717) is 16.8 Å². The Labute approximate surface area is 124 Å². The van der Waals surface area contributed by atoms with Crippen LogP contribution in [-0.4, -0.2) is 16.7 Å². The lowest BCUT2D eigenvalue weighted by atomic mass is 10.1. The largest absolute Gasteiger partial charge is 0.399 e. The van der Waals surface area contributed by atoms with E-state index in [1.54, 1.807) is 6.07 Å². The third-order valence-electron chi connectivity index (χ3n) is 3.34. The summed E-state index contributed by atoms with van der Waals surface area (Å²) in [6, 6.07) is 8.40. The summed E-state index contributed by atoms with van der Waals surface area (Å²) < 4.78 is 13.0. The summed E-state index contributed by atoms with van der Waals surface area (Å²) in [5, 5.41) is 0.172. The van der Waals surface area contributed by atoms with E-state index in [-0.39, 0.29) is 17.1 Å². The van der Waals surface area contributed by atoms with Crippen molar-refractivity contribution in [1.29, 1.82) is 0 Å². The number of nitrogens with two attached hydrogens (primary N) is 1. The zero-order chi connectivity index (χ0) is 15.1. The zero-order valence-corrected chi connectivity index (χ0v) is 11.5. The zero-order valence-electron chi connectivity index (χ0n) is 10.8. The van der Waals surface area contributed by atoms with E-state index in [4.69, 9.17) is 17.3 Å². The van der Waals surface area contributed by atoms with Crippen molar-refractivity contribution in [3.8, 4) is 0 Å². The first-order valence-electron chi connectivity index (χ1n) is 6.17. The average molecular weight is 305 g/mol. The van der Waals surface area contributed by atoms with E-state index >= 15 is 0 Å². The summed E-state index contributed by atoms with van der Waals surface area (Å²) >= 11 is 5.93. The van der Waals surface area contributed by atoms with Crippen LogP contribution in [0.15, 0.2) is 36.4 Å². The standard InChI is InChI=1S/C15H10ClFN2O2/c16-13-5-9(17)2-1-8(13)7-19-14(20)11-4-3-10(18)6-12(11)15(19)21/h1-6H,7,18H2. The molecule has 4 nitrogen and oxygen atoms in total. The number of amides is 2. The number of benzene rings is 2. The number of halogens is 2. The molecule has 0 aromatic heterocycles. The van der Waals surface area contributed by atoms with Crippen LogP contribution in [-0.2, 0) is 6.54 Å². The maximum Gasteiger partial charge on any atom is 0.261 e. The first-order valence-corrected chi connectivity index (χ1v) is 6.55. The molecule has 1 aliphatic rings. The lowest BCUT2D eigenvalue weighted by Crippen LogP contribution is -2.29. The molecule has 0 fully saturated rings. The number of carbonyl (C=O) groups is 2. The first-order chi connectivity index (χ1) is 9.97. The summed E-state index contributed by atoms with van der Waals surface area (Å²) in [6.45, 7) is -0.00857. The molecule has 0 unspecified atom stereocenters. The molecule has 2 N–H and O–H groups in total. The van der Waals surface area contributed by atoms with Crippen LogP contribution in [0.2, 0.25) is 5.02 Å². The minimum absolute atomic E-state index is 0.00857. The number of fused-ring (bicyclic) bond motifs is 1. The molecule has 0 atom stereocenters. The van der Waals surface area contributed by atoms with Crippen molar-refractivity contribution in [3.05, 3.63) is 63.9 Å². The van der Waals surface area contributed by atoms with Gasteiger partial charge in [-0.1, -0.05) is 17.7 Å². The topological polar surface area (TPSA) is 63.4 Å². The highest BCUT2D eigenvalue weighted by atomic mass is 35.5. The van der Waals surface area contributed by atoms with Crippen LogP contribution in [0.1, 0.15) is 26.3 Å². The van der Waals surface area contributed by atoms with Gasteiger partial charge in [0.15, 0.2) is 0 Å². The molecular formula is C15H10ClFN2O2. The molecule has 0 spiro atoms. The van der Waals surface area contributed by atoms with Gasteiger partial charge in [-0.05, 0) is 35.9 Å². The molecule has 2 aromatic carbocycles. The van der Waals surface area contributed by atoms with Crippen molar-refractivity contribution in [1.82, 2.24) is 4.90 Å². The molecule has 2 amide bonds. The van der Waals surface area contributed by atoms with Gasteiger partial charge in [-0.3, -0.25) is 14.5 Å². The average Bonchev–Trinajstić information content (AvgIpc) is 2.66. The number of imide groups is 1. The van der Waals surface area contributed by atoms with Crippen LogP contribution < -0.4 is 5.73 Å². The van der Waals surface area contributed by atoms with Crippen molar-refractivity contribution < 1.29 is 14.0 Å². The molecule has 6 heteroatoms. The second-order valence-corrected chi connectivity index (χ2v) is 5.14.